The highest BCUT2D eigenvalue weighted by molar-refractivity contribution is 14.1. The molecule has 17 N–H and O–H groups in total. The Labute approximate surface area is 496 Å². The maximum atomic E-state index is 14.4. The number of rotatable bonds is 42. The molecule has 1 aromatic rings. The zero-order valence-electron chi connectivity index (χ0n) is 50.0. The number of primary amides is 1. The number of nitrogens with zero attached hydrogens (tertiary/aromatic N) is 1. The van der Waals surface area contributed by atoms with Crippen molar-refractivity contribution in [1.82, 2.24) is 41.5 Å². The molecule has 0 unspecified atom stereocenters. The van der Waals surface area contributed by atoms with Gasteiger partial charge in [-0.2, -0.15) is 4.31 Å². The van der Waals surface area contributed by atoms with Gasteiger partial charge in [-0.25, -0.2) is 8.42 Å². The van der Waals surface area contributed by atoms with E-state index in [-0.39, 0.29) is 86.0 Å². The summed E-state index contributed by atoms with van der Waals surface area (Å²) in [6.07, 6.45) is 4.34. The second-order valence-corrected chi connectivity index (χ2v) is 26.6. The number of hydrogen-bond acceptors (Lipinski definition) is 14. The molecular weight excluding hydrogens is 1170 g/mol. The fraction of sp³-hybridized carbons (Fsp3) is 0.750. The average molecular weight is 1280 g/mol. The zero-order chi connectivity index (χ0) is 61.6. The molecule has 0 spiro atoms. The van der Waals surface area contributed by atoms with E-state index in [1.54, 1.807) is 12.1 Å². The first kappa shape index (κ1) is 74.5. The molecule has 8 amide bonds. The standard InChI is InChI=1S/C56H102IN13O10S/c1-34(2)27-40(61)32-70(81(79,80)41-22-20-39(57)21-23-41)33-49(71)63-42(17-11-14-24-58)51(73)67-48(31-38(9)10)56(78)69-46(29-36(5)6)54(76)65-43(18-12-15-25-59)52(74)64-44(19-13-16-26-60)53(75)68-47(30-37(7)8)55(77)66-45(50(62)72)28-35(3)4/h20-23,34-38,40,42-48H,11-19,24-33,58-61H2,1-10H3,(H2,62,72)(H,63,71)(H,64,74)(H,65,76)(H,66,77)(H,67,73)(H,68,75)(H,69,78)/t40-,42-,43-,44-,45-,46-,47-,48-/m0/s1. The molecule has 0 saturated heterocycles. The van der Waals surface area contributed by atoms with Crippen molar-refractivity contribution in [3.63, 3.8) is 0 Å². The van der Waals surface area contributed by atoms with Crippen LogP contribution in [0.15, 0.2) is 29.2 Å². The minimum Gasteiger partial charge on any atom is -0.368 e. The molecule has 25 heteroatoms. The van der Waals surface area contributed by atoms with Crippen molar-refractivity contribution in [3.05, 3.63) is 27.8 Å². The second kappa shape index (κ2) is 39.1. The molecule has 81 heavy (non-hydrogen) atoms. The number of nitrogens with one attached hydrogen (secondary N) is 7. The van der Waals surface area contributed by atoms with Gasteiger partial charge in [0.15, 0.2) is 0 Å². The van der Waals surface area contributed by atoms with E-state index in [0.717, 1.165) is 7.88 Å². The summed E-state index contributed by atoms with van der Waals surface area (Å²) in [5, 5.41) is 19.4. The molecule has 0 bridgehead atoms. The largest absolute Gasteiger partial charge is 0.368 e. The van der Waals surface area contributed by atoms with Crippen LogP contribution in [0.3, 0.4) is 0 Å². The molecule has 1 rings (SSSR count). The van der Waals surface area contributed by atoms with Crippen molar-refractivity contribution in [2.45, 2.75) is 212 Å². The van der Waals surface area contributed by atoms with Crippen LogP contribution in [0.5, 0.6) is 0 Å². The molecule has 0 heterocycles. The molecular formula is C56H102IN13O10S. The van der Waals surface area contributed by atoms with Crippen LogP contribution >= 0.6 is 22.6 Å². The van der Waals surface area contributed by atoms with Crippen LogP contribution in [0, 0.1) is 33.2 Å². The Morgan fingerprint density at radius 2 is 0.753 bits per heavy atom. The maximum absolute atomic E-state index is 14.4. The normalized spacial score (nSPS) is 14.9. The topological polar surface area (TPSA) is 388 Å². The van der Waals surface area contributed by atoms with Gasteiger partial charge in [0.2, 0.25) is 57.3 Å². The lowest BCUT2D eigenvalue weighted by Crippen LogP contribution is -2.60. The molecule has 1 aromatic carbocycles. The van der Waals surface area contributed by atoms with Gasteiger partial charge >= 0.3 is 0 Å². The molecule has 8 atom stereocenters. The van der Waals surface area contributed by atoms with Crippen molar-refractivity contribution in [2.75, 3.05) is 32.7 Å². The van der Waals surface area contributed by atoms with Crippen LogP contribution in [0.2, 0.25) is 0 Å². The van der Waals surface area contributed by atoms with E-state index in [1.807, 2.05) is 69.2 Å². The first-order valence-electron chi connectivity index (χ1n) is 29.0. The number of nitrogens with two attached hydrogens (primary N) is 5. The fourth-order valence-electron chi connectivity index (χ4n) is 9.09. The van der Waals surface area contributed by atoms with E-state index in [4.69, 9.17) is 28.7 Å². The number of amides is 8. The number of carbonyl (C=O) groups is 8. The Hall–Kier alpha value is -4.54. The van der Waals surface area contributed by atoms with Gasteiger partial charge in [0.1, 0.15) is 42.3 Å². The number of carbonyl (C=O) groups excluding carboxylic acids is 8. The van der Waals surface area contributed by atoms with E-state index < -0.39 is 112 Å². The summed E-state index contributed by atoms with van der Waals surface area (Å²) in [4.78, 5) is 111. The number of halogens is 1. The molecule has 0 aromatic heterocycles. The van der Waals surface area contributed by atoms with E-state index in [9.17, 15) is 46.8 Å². The van der Waals surface area contributed by atoms with Crippen LogP contribution in [-0.2, 0) is 48.4 Å². The predicted molar refractivity (Wildman–Crippen MR) is 325 cm³/mol. The van der Waals surface area contributed by atoms with Gasteiger partial charge in [-0.05, 0) is 186 Å². The Bertz CT molecular complexity index is 2220. The Morgan fingerprint density at radius 1 is 0.457 bits per heavy atom. The van der Waals surface area contributed by atoms with Crippen molar-refractivity contribution >= 4 is 79.9 Å². The Kier molecular flexibility index (Phi) is 35.9. The molecule has 0 saturated carbocycles. The van der Waals surface area contributed by atoms with Gasteiger partial charge in [0, 0.05) is 16.2 Å². The quantitative estimate of drug-likeness (QED) is 0.0330. The van der Waals surface area contributed by atoms with E-state index in [1.165, 1.54) is 12.1 Å². The Balaban J connectivity index is 3.57. The summed E-state index contributed by atoms with van der Waals surface area (Å²) >= 11 is 2.06. The van der Waals surface area contributed by atoms with Gasteiger partial charge in [-0.15, -0.1) is 0 Å². The number of hydrogen-bond donors (Lipinski definition) is 12. The third-order valence-corrected chi connectivity index (χ3v) is 15.7. The summed E-state index contributed by atoms with van der Waals surface area (Å²) in [5.74, 6) is -5.77. The lowest BCUT2D eigenvalue weighted by atomic mass is 9.98. The van der Waals surface area contributed by atoms with Crippen molar-refractivity contribution in [3.8, 4) is 0 Å². The minimum atomic E-state index is -4.23. The van der Waals surface area contributed by atoms with E-state index in [2.05, 4.69) is 59.8 Å². The van der Waals surface area contributed by atoms with Gasteiger partial charge in [-0.1, -0.05) is 69.2 Å². The molecule has 0 aliphatic carbocycles. The summed E-state index contributed by atoms with van der Waals surface area (Å²) in [6.45, 7) is 18.9. The van der Waals surface area contributed by atoms with Crippen molar-refractivity contribution in [2.24, 2.45) is 58.3 Å². The number of unbranched alkanes of at least 4 members (excludes halogenated alkanes) is 3. The molecule has 0 aliphatic heterocycles. The molecule has 0 aliphatic rings. The first-order chi connectivity index (χ1) is 37.9. The van der Waals surface area contributed by atoms with Crippen molar-refractivity contribution in [1.29, 1.82) is 0 Å². The Morgan fingerprint density at radius 3 is 1.07 bits per heavy atom. The molecule has 23 nitrogen and oxygen atoms in total. The summed E-state index contributed by atoms with van der Waals surface area (Å²) in [6, 6.07) is -2.49. The average Bonchev–Trinajstić information content (AvgIpc) is 3.36. The molecule has 0 radical (unpaired) electrons. The predicted octanol–water partition coefficient (Wildman–Crippen LogP) is 2.11. The van der Waals surface area contributed by atoms with Crippen LogP contribution < -0.4 is 65.9 Å². The summed E-state index contributed by atoms with van der Waals surface area (Å²) < 4.78 is 29.9. The molecule has 464 valence electrons. The second-order valence-electron chi connectivity index (χ2n) is 23.4. The SMILES string of the molecule is CC(C)C[C@H](N)CN(CC(=O)N[C@@H](CCCCN)C(=O)N[C@@H](CC(C)C)C(=O)N[C@@H](CC(C)C)C(=O)N[C@@H](CCCCN)C(=O)N[C@@H](CCCCN)C(=O)N[C@@H](CC(C)C)C(=O)N[C@@H](CC(C)C)C(N)=O)S(=O)(=O)c1ccc(I)cc1. The van der Waals surface area contributed by atoms with Gasteiger partial charge in [0.25, 0.3) is 0 Å². The zero-order valence-corrected chi connectivity index (χ0v) is 52.9. The van der Waals surface area contributed by atoms with Crippen LogP contribution in [0.1, 0.15) is 159 Å². The minimum absolute atomic E-state index is 0.0282. The first-order valence-corrected chi connectivity index (χ1v) is 31.5. The van der Waals surface area contributed by atoms with Crippen LogP contribution in [0.25, 0.3) is 0 Å². The third-order valence-electron chi connectivity index (χ3n) is 13.1. The van der Waals surface area contributed by atoms with Gasteiger partial charge < -0.3 is 65.9 Å². The number of benzene rings is 1. The van der Waals surface area contributed by atoms with Crippen LogP contribution in [0.4, 0.5) is 0 Å². The van der Waals surface area contributed by atoms with Gasteiger partial charge in [0.05, 0.1) is 11.4 Å². The summed E-state index contributed by atoms with van der Waals surface area (Å²) in [7, 11) is -4.23. The van der Waals surface area contributed by atoms with Gasteiger partial charge in [-0.3, -0.25) is 38.4 Å². The maximum Gasteiger partial charge on any atom is 0.243 e. The highest BCUT2D eigenvalue weighted by Gasteiger charge is 2.36. The third kappa shape index (κ3) is 30.0. The lowest BCUT2D eigenvalue weighted by Gasteiger charge is -2.29. The highest BCUT2D eigenvalue weighted by Crippen LogP contribution is 2.20. The number of sulfonamides is 1. The van der Waals surface area contributed by atoms with E-state index in [0.29, 0.717) is 64.6 Å². The fourth-order valence-corrected chi connectivity index (χ4v) is 10.9. The summed E-state index contributed by atoms with van der Waals surface area (Å²) in [5.41, 5.74) is 29.5. The van der Waals surface area contributed by atoms with Crippen LogP contribution in [-0.4, -0.2) is 141 Å². The lowest BCUT2D eigenvalue weighted by molar-refractivity contribution is -0.136. The smallest absolute Gasteiger partial charge is 0.243 e. The molecule has 0 fully saturated rings. The highest BCUT2D eigenvalue weighted by atomic mass is 127. The van der Waals surface area contributed by atoms with Crippen molar-refractivity contribution < 1.29 is 46.8 Å². The monoisotopic (exact) mass is 1280 g/mol. The van der Waals surface area contributed by atoms with E-state index >= 15 is 0 Å².